The van der Waals surface area contributed by atoms with Crippen molar-refractivity contribution in [2.24, 2.45) is 0 Å². The smallest absolute Gasteiger partial charge is 0.412 e. The Kier molecular flexibility index (Phi) is 4.93. The van der Waals surface area contributed by atoms with Crippen molar-refractivity contribution in [2.45, 2.75) is 6.61 Å². The fraction of sp³-hybridized carbons (Fsp3) is 0.0588. The number of aromatic carboxylic acids is 1. The van der Waals surface area contributed by atoms with Crippen LogP contribution in [0.5, 0.6) is 0 Å². The summed E-state index contributed by atoms with van der Waals surface area (Å²) in [6, 6.07) is 11.1. The number of carbonyl (C=O) groups is 2. The minimum Gasteiger partial charge on any atom is -0.478 e. The average Bonchev–Trinajstić information content (AvgIpc) is 3.23. The second-order valence-corrected chi connectivity index (χ2v) is 6.52. The number of anilines is 1. The molecular weight excluding hydrogens is 346 g/mol. The summed E-state index contributed by atoms with van der Waals surface area (Å²) in [5.41, 5.74) is 2.35. The molecule has 2 heterocycles. The molecule has 0 radical (unpaired) electrons. The third-order valence-electron chi connectivity index (χ3n) is 3.27. The van der Waals surface area contributed by atoms with Crippen LogP contribution >= 0.6 is 22.7 Å². The van der Waals surface area contributed by atoms with Gasteiger partial charge in [0.05, 0.1) is 0 Å². The summed E-state index contributed by atoms with van der Waals surface area (Å²) in [4.78, 5) is 23.5. The van der Waals surface area contributed by atoms with Gasteiger partial charge in [-0.05, 0) is 28.0 Å². The minimum atomic E-state index is -1.09. The molecule has 2 N–H and O–H groups in total. The second-order valence-electron chi connectivity index (χ2n) is 4.86. The van der Waals surface area contributed by atoms with E-state index in [4.69, 9.17) is 4.74 Å². The first kappa shape index (κ1) is 16.2. The Morgan fingerprint density at radius 1 is 1.12 bits per heavy atom. The maximum absolute atomic E-state index is 11.9. The maximum atomic E-state index is 11.9. The van der Waals surface area contributed by atoms with Crippen LogP contribution in [0.2, 0.25) is 0 Å². The van der Waals surface area contributed by atoms with Crippen LogP contribution in [0.3, 0.4) is 0 Å². The van der Waals surface area contributed by atoms with Crippen LogP contribution in [0.25, 0.3) is 11.1 Å². The zero-order valence-electron chi connectivity index (χ0n) is 12.4. The quantitative estimate of drug-likeness (QED) is 0.678. The van der Waals surface area contributed by atoms with Crippen LogP contribution in [0.15, 0.2) is 52.5 Å². The van der Waals surface area contributed by atoms with Crippen molar-refractivity contribution in [2.75, 3.05) is 5.32 Å². The second kappa shape index (κ2) is 7.29. The fourth-order valence-corrected chi connectivity index (χ4v) is 3.75. The number of hydrogen-bond acceptors (Lipinski definition) is 5. The third kappa shape index (κ3) is 3.64. The van der Waals surface area contributed by atoms with Crippen molar-refractivity contribution in [3.8, 4) is 11.1 Å². The summed E-state index contributed by atoms with van der Waals surface area (Å²) >= 11 is 2.65. The molecule has 0 aliphatic carbocycles. The van der Waals surface area contributed by atoms with Crippen LogP contribution in [-0.2, 0) is 11.3 Å². The lowest BCUT2D eigenvalue weighted by atomic mass is 10.1. The standard InChI is InChI=1S/C17H13NO4S2/c19-16(20)14-13(12-6-7-23-9-12)10-24-15(14)18-17(21)22-8-11-4-2-1-3-5-11/h1-7,9-10H,8H2,(H,18,21)(H,19,20). The molecule has 0 unspecified atom stereocenters. The van der Waals surface area contributed by atoms with Gasteiger partial charge in [-0.2, -0.15) is 11.3 Å². The molecular formula is C17H13NO4S2. The Morgan fingerprint density at radius 3 is 2.58 bits per heavy atom. The molecule has 0 aliphatic heterocycles. The zero-order chi connectivity index (χ0) is 16.9. The van der Waals surface area contributed by atoms with E-state index >= 15 is 0 Å². The highest BCUT2D eigenvalue weighted by atomic mass is 32.1. The number of thiophene rings is 2. The average molecular weight is 359 g/mol. The molecule has 0 spiro atoms. The molecule has 0 aliphatic rings. The van der Waals surface area contributed by atoms with E-state index in [-0.39, 0.29) is 17.2 Å². The molecule has 1 amide bonds. The van der Waals surface area contributed by atoms with Crippen molar-refractivity contribution in [3.63, 3.8) is 0 Å². The van der Waals surface area contributed by atoms with Gasteiger partial charge < -0.3 is 9.84 Å². The molecule has 0 fully saturated rings. The SMILES string of the molecule is O=C(Nc1scc(-c2ccsc2)c1C(=O)O)OCc1ccccc1. The predicted molar refractivity (Wildman–Crippen MR) is 94.8 cm³/mol. The van der Waals surface area contributed by atoms with Crippen molar-refractivity contribution < 1.29 is 19.4 Å². The highest BCUT2D eigenvalue weighted by molar-refractivity contribution is 7.15. The van der Waals surface area contributed by atoms with Gasteiger partial charge in [0, 0.05) is 10.9 Å². The van der Waals surface area contributed by atoms with Gasteiger partial charge in [0.25, 0.3) is 0 Å². The first-order chi connectivity index (χ1) is 11.6. The van der Waals surface area contributed by atoms with Gasteiger partial charge in [-0.25, -0.2) is 9.59 Å². The molecule has 7 heteroatoms. The normalized spacial score (nSPS) is 10.3. The number of carbonyl (C=O) groups excluding carboxylic acids is 1. The summed E-state index contributed by atoms with van der Waals surface area (Å²) in [5.74, 6) is -1.09. The monoisotopic (exact) mass is 359 g/mol. The molecule has 5 nitrogen and oxygen atoms in total. The Labute approximate surface area is 146 Å². The maximum Gasteiger partial charge on any atom is 0.412 e. The van der Waals surface area contributed by atoms with E-state index in [9.17, 15) is 14.7 Å². The van der Waals surface area contributed by atoms with Gasteiger partial charge >= 0.3 is 12.1 Å². The van der Waals surface area contributed by atoms with Crippen molar-refractivity contribution in [3.05, 3.63) is 63.7 Å². The van der Waals surface area contributed by atoms with Crippen molar-refractivity contribution in [1.29, 1.82) is 0 Å². The van der Waals surface area contributed by atoms with Gasteiger partial charge in [-0.1, -0.05) is 30.3 Å². The number of carboxylic acid groups (broad SMARTS) is 1. The Morgan fingerprint density at radius 2 is 1.92 bits per heavy atom. The lowest BCUT2D eigenvalue weighted by molar-refractivity contribution is 0.0699. The third-order valence-corrected chi connectivity index (χ3v) is 4.84. The van der Waals surface area contributed by atoms with Crippen molar-refractivity contribution >= 4 is 39.7 Å². The summed E-state index contributed by atoms with van der Waals surface area (Å²) in [7, 11) is 0. The number of rotatable bonds is 5. The van der Waals surface area contributed by atoms with Crippen LogP contribution < -0.4 is 5.32 Å². The largest absolute Gasteiger partial charge is 0.478 e. The van der Waals surface area contributed by atoms with E-state index in [2.05, 4.69) is 5.32 Å². The van der Waals surface area contributed by atoms with Gasteiger partial charge in [0.1, 0.15) is 17.2 Å². The topological polar surface area (TPSA) is 75.6 Å². The summed E-state index contributed by atoms with van der Waals surface area (Å²) in [5, 5.41) is 17.7. The highest BCUT2D eigenvalue weighted by Crippen LogP contribution is 2.36. The van der Waals surface area contributed by atoms with E-state index in [1.165, 1.54) is 11.3 Å². The molecule has 2 aromatic heterocycles. The Hall–Kier alpha value is -2.64. The van der Waals surface area contributed by atoms with Gasteiger partial charge in [0.15, 0.2) is 0 Å². The number of carboxylic acids is 1. The molecule has 24 heavy (non-hydrogen) atoms. The fourth-order valence-electron chi connectivity index (χ4n) is 2.14. The van der Waals surface area contributed by atoms with Crippen LogP contribution in [0.1, 0.15) is 15.9 Å². The first-order valence-electron chi connectivity index (χ1n) is 7.00. The number of hydrogen-bond donors (Lipinski definition) is 2. The van der Waals surface area contributed by atoms with Crippen LogP contribution in [0.4, 0.5) is 9.80 Å². The van der Waals surface area contributed by atoms with Gasteiger partial charge in [-0.3, -0.25) is 5.32 Å². The highest BCUT2D eigenvalue weighted by Gasteiger charge is 2.21. The minimum absolute atomic E-state index is 0.0788. The molecule has 0 bridgehead atoms. The number of amides is 1. The Bertz CT molecular complexity index is 841. The number of ether oxygens (including phenoxy) is 1. The lowest BCUT2D eigenvalue weighted by Gasteiger charge is -2.07. The van der Waals surface area contributed by atoms with E-state index in [0.717, 1.165) is 22.5 Å². The lowest BCUT2D eigenvalue weighted by Crippen LogP contribution is -2.14. The summed E-state index contributed by atoms with van der Waals surface area (Å²) < 4.78 is 5.13. The first-order valence-corrected chi connectivity index (χ1v) is 8.82. The van der Waals surface area contributed by atoms with Crippen LogP contribution in [0, 0.1) is 0 Å². The predicted octanol–water partition coefficient (Wildman–Crippen LogP) is 4.92. The summed E-state index contributed by atoms with van der Waals surface area (Å²) in [6.07, 6.45) is -0.680. The van der Waals surface area contributed by atoms with E-state index in [1.54, 1.807) is 5.38 Å². The van der Waals surface area contributed by atoms with Crippen LogP contribution in [-0.4, -0.2) is 17.2 Å². The Balaban J connectivity index is 1.73. The molecule has 122 valence electrons. The van der Waals surface area contributed by atoms with E-state index < -0.39 is 12.1 Å². The number of nitrogens with one attached hydrogen (secondary N) is 1. The molecule has 0 saturated heterocycles. The molecule has 0 saturated carbocycles. The molecule has 3 aromatic rings. The van der Waals surface area contributed by atoms with Crippen molar-refractivity contribution in [1.82, 2.24) is 0 Å². The van der Waals surface area contributed by atoms with Gasteiger partial charge in [0.2, 0.25) is 0 Å². The summed E-state index contributed by atoms with van der Waals surface area (Å²) in [6.45, 7) is 0.123. The molecule has 1 aromatic carbocycles. The van der Waals surface area contributed by atoms with Gasteiger partial charge in [-0.15, -0.1) is 11.3 Å². The molecule has 0 atom stereocenters. The van der Waals surface area contributed by atoms with E-state index in [1.807, 2.05) is 47.2 Å². The van der Waals surface area contributed by atoms with E-state index in [0.29, 0.717) is 5.56 Å². The number of benzene rings is 1. The zero-order valence-corrected chi connectivity index (χ0v) is 14.0. The molecule has 3 rings (SSSR count).